The van der Waals surface area contributed by atoms with Crippen LogP contribution in [0.2, 0.25) is 0 Å². The molecule has 5 nitrogen and oxygen atoms in total. The summed E-state index contributed by atoms with van der Waals surface area (Å²) in [7, 11) is 0. The van der Waals surface area contributed by atoms with Gasteiger partial charge in [-0.3, -0.25) is 4.79 Å². The van der Waals surface area contributed by atoms with E-state index in [0.29, 0.717) is 6.54 Å². The molecule has 2 aromatic heterocycles. The number of aromatic amines is 1. The lowest BCUT2D eigenvalue weighted by Gasteiger charge is -2.04. The van der Waals surface area contributed by atoms with Crippen LogP contribution < -0.4 is 10.2 Å². The van der Waals surface area contributed by atoms with Crippen LogP contribution in [0.3, 0.4) is 0 Å². The molecule has 2 N–H and O–H groups in total. The molecule has 15 heavy (non-hydrogen) atoms. The molecule has 0 atom stereocenters. The van der Waals surface area contributed by atoms with Crippen LogP contribution in [0.25, 0.3) is 0 Å². The molecule has 0 aliphatic rings. The van der Waals surface area contributed by atoms with Crippen LogP contribution >= 0.6 is 33.9 Å². The molecular weight excluding hydrogens is 327 g/mol. The average Bonchev–Trinajstić information content (AvgIpc) is 2.63. The fraction of sp³-hybridized carbons (Fsp3) is 0.125. The van der Waals surface area contributed by atoms with Gasteiger partial charge in [0.1, 0.15) is 12.1 Å². The van der Waals surface area contributed by atoms with Gasteiger partial charge >= 0.3 is 4.87 Å². The minimum Gasteiger partial charge on any atom is -0.363 e. The zero-order valence-corrected chi connectivity index (χ0v) is 10.5. The van der Waals surface area contributed by atoms with Gasteiger partial charge in [-0.05, 0) is 22.6 Å². The van der Waals surface area contributed by atoms with Crippen LogP contribution in [0.15, 0.2) is 22.7 Å². The van der Waals surface area contributed by atoms with E-state index in [2.05, 4.69) is 42.9 Å². The van der Waals surface area contributed by atoms with E-state index in [1.807, 2.05) is 0 Å². The van der Waals surface area contributed by atoms with Crippen molar-refractivity contribution in [3.8, 4) is 0 Å². The van der Waals surface area contributed by atoms with Gasteiger partial charge in [-0.25, -0.2) is 9.97 Å². The highest BCUT2D eigenvalue weighted by Gasteiger charge is 2.01. The van der Waals surface area contributed by atoms with Crippen LogP contribution in [0.1, 0.15) is 5.69 Å². The van der Waals surface area contributed by atoms with E-state index in [0.717, 1.165) is 26.4 Å². The topological polar surface area (TPSA) is 70.7 Å². The fourth-order valence-electron chi connectivity index (χ4n) is 1.02. The number of anilines is 1. The maximum atomic E-state index is 10.9. The van der Waals surface area contributed by atoms with Crippen molar-refractivity contribution in [1.82, 2.24) is 15.0 Å². The zero-order valence-electron chi connectivity index (χ0n) is 7.53. The van der Waals surface area contributed by atoms with Crippen molar-refractivity contribution in [2.45, 2.75) is 6.54 Å². The fourth-order valence-corrected chi connectivity index (χ4v) is 2.09. The standard InChI is InChI=1S/C8H7IN4OS/c9-6-2-10-4-12-7(6)11-1-5-3-15-8(14)13-5/h2-4H,1H2,(H,13,14)(H,10,11,12). The summed E-state index contributed by atoms with van der Waals surface area (Å²) in [5.41, 5.74) is 0.861. The minimum absolute atomic E-state index is 0.0378. The van der Waals surface area contributed by atoms with Gasteiger partial charge in [0.15, 0.2) is 0 Å². The summed E-state index contributed by atoms with van der Waals surface area (Å²) in [5.74, 6) is 0.776. The molecule has 0 amide bonds. The molecule has 2 heterocycles. The maximum Gasteiger partial charge on any atom is 0.304 e. The van der Waals surface area contributed by atoms with Crippen molar-refractivity contribution in [3.63, 3.8) is 0 Å². The Bertz CT molecular complexity index is 509. The van der Waals surface area contributed by atoms with Gasteiger partial charge in [0, 0.05) is 17.3 Å². The zero-order chi connectivity index (χ0) is 10.7. The number of rotatable bonds is 3. The summed E-state index contributed by atoms with van der Waals surface area (Å²) in [6.07, 6.45) is 3.22. The van der Waals surface area contributed by atoms with E-state index in [4.69, 9.17) is 0 Å². The van der Waals surface area contributed by atoms with Crippen molar-refractivity contribution in [1.29, 1.82) is 0 Å². The molecule has 0 unspecified atom stereocenters. The van der Waals surface area contributed by atoms with Gasteiger partial charge in [-0.15, -0.1) is 0 Å². The van der Waals surface area contributed by atoms with Crippen molar-refractivity contribution >= 4 is 39.7 Å². The summed E-state index contributed by atoms with van der Waals surface area (Å²) >= 11 is 3.31. The summed E-state index contributed by atoms with van der Waals surface area (Å²) in [6.45, 7) is 0.561. The van der Waals surface area contributed by atoms with Gasteiger partial charge in [-0.2, -0.15) is 0 Å². The van der Waals surface area contributed by atoms with E-state index < -0.39 is 0 Å². The third-order valence-corrected chi connectivity index (χ3v) is 3.19. The number of thiazole rings is 1. The largest absolute Gasteiger partial charge is 0.363 e. The van der Waals surface area contributed by atoms with Crippen molar-refractivity contribution in [3.05, 3.63) is 36.8 Å². The van der Waals surface area contributed by atoms with Crippen LogP contribution in [-0.2, 0) is 6.54 Å². The minimum atomic E-state index is -0.0378. The molecule has 2 rings (SSSR count). The van der Waals surface area contributed by atoms with Gasteiger partial charge in [0.25, 0.3) is 0 Å². The highest BCUT2D eigenvalue weighted by atomic mass is 127. The Morgan fingerprint density at radius 2 is 2.47 bits per heavy atom. The number of hydrogen-bond acceptors (Lipinski definition) is 5. The third kappa shape index (κ3) is 2.75. The van der Waals surface area contributed by atoms with Gasteiger partial charge < -0.3 is 10.3 Å². The molecule has 0 aliphatic heterocycles. The lowest BCUT2D eigenvalue weighted by atomic mass is 10.4. The molecular formula is C8H7IN4OS. The third-order valence-electron chi connectivity index (χ3n) is 1.68. The Morgan fingerprint density at radius 1 is 1.60 bits per heavy atom. The van der Waals surface area contributed by atoms with Crippen molar-refractivity contribution in [2.24, 2.45) is 0 Å². The molecule has 78 valence electrons. The van der Waals surface area contributed by atoms with E-state index in [-0.39, 0.29) is 4.87 Å². The Kier molecular flexibility index (Phi) is 3.31. The SMILES string of the molecule is O=c1[nH]c(CNc2ncncc2I)cs1. The predicted molar refractivity (Wildman–Crippen MR) is 67.0 cm³/mol. The summed E-state index contributed by atoms with van der Waals surface area (Å²) < 4.78 is 0.952. The van der Waals surface area contributed by atoms with Crippen LogP contribution in [0, 0.1) is 3.57 Å². The molecule has 0 radical (unpaired) electrons. The van der Waals surface area contributed by atoms with E-state index in [1.54, 1.807) is 11.6 Å². The first-order chi connectivity index (χ1) is 7.25. The summed E-state index contributed by atoms with van der Waals surface area (Å²) in [5, 5.41) is 4.92. The van der Waals surface area contributed by atoms with Crippen molar-refractivity contribution < 1.29 is 0 Å². The first-order valence-electron chi connectivity index (χ1n) is 4.12. The summed E-state index contributed by atoms with van der Waals surface area (Å²) in [4.78, 5) is 21.5. The quantitative estimate of drug-likeness (QED) is 0.834. The molecule has 0 bridgehead atoms. The molecule has 0 saturated heterocycles. The molecule has 0 aliphatic carbocycles. The molecule has 0 spiro atoms. The lowest BCUT2D eigenvalue weighted by molar-refractivity contribution is 1.02. The Hall–Kier alpha value is -0.960. The Balaban J connectivity index is 2.05. The second kappa shape index (κ2) is 4.71. The van der Waals surface area contributed by atoms with Crippen molar-refractivity contribution in [2.75, 3.05) is 5.32 Å². The molecule has 0 aromatic carbocycles. The molecule has 7 heteroatoms. The first-order valence-corrected chi connectivity index (χ1v) is 6.07. The number of H-pyrrole nitrogens is 1. The number of nitrogens with one attached hydrogen (secondary N) is 2. The second-order valence-corrected chi connectivity index (χ2v) is 4.75. The van der Waals surface area contributed by atoms with Gasteiger partial charge in [0.2, 0.25) is 0 Å². The molecule has 0 saturated carbocycles. The Labute approximate surface area is 103 Å². The number of halogens is 1. The van der Waals surface area contributed by atoms with Gasteiger partial charge in [0.05, 0.1) is 10.1 Å². The Morgan fingerprint density at radius 3 is 3.13 bits per heavy atom. The summed E-state index contributed by atoms with van der Waals surface area (Å²) in [6, 6.07) is 0. The van der Waals surface area contributed by atoms with Crippen LogP contribution in [0.4, 0.5) is 5.82 Å². The monoisotopic (exact) mass is 334 g/mol. The molecule has 0 fully saturated rings. The second-order valence-electron chi connectivity index (χ2n) is 2.75. The highest BCUT2D eigenvalue weighted by Crippen LogP contribution is 2.13. The van der Waals surface area contributed by atoms with Crippen LogP contribution in [-0.4, -0.2) is 15.0 Å². The van der Waals surface area contributed by atoms with E-state index >= 15 is 0 Å². The highest BCUT2D eigenvalue weighted by molar-refractivity contribution is 14.1. The number of nitrogens with zero attached hydrogens (tertiary/aromatic N) is 2. The van der Waals surface area contributed by atoms with E-state index in [1.165, 1.54) is 6.33 Å². The number of aromatic nitrogens is 3. The van der Waals surface area contributed by atoms with Crippen LogP contribution in [0.5, 0.6) is 0 Å². The smallest absolute Gasteiger partial charge is 0.304 e. The van der Waals surface area contributed by atoms with E-state index in [9.17, 15) is 4.79 Å². The van der Waals surface area contributed by atoms with Gasteiger partial charge in [-0.1, -0.05) is 11.3 Å². The average molecular weight is 334 g/mol. The maximum absolute atomic E-state index is 10.9. The lowest BCUT2D eigenvalue weighted by Crippen LogP contribution is -2.05. The number of hydrogen-bond donors (Lipinski definition) is 2. The first kappa shape index (κ1) is 10.6. The molecule has 2 aromatic rings. The predicted octanol–water partition coefficient (Wildman–Crippen LogP) is 1.44. The normalized spacial score (nSPS) is 10.2.